The average molecular weight is 261 g/mol. The Labute approximate surface area is 117 Å². The van der Waals surface area contributed by atoms with E-state index in [-0.39, 0.29) is 0 Å². The molecule has 1 aliphatic heterocycles. The van der Waals surface area contributed by atoms with E-state index in [0.29, 0.717) is 6.04 Å². The SMILES string of the molecule is CCC1CCCCCN1c1cc(CNC)cc(C)n1. The molecule has 0 spiro atoms. The van der Waals surface area contributed by atoms with Gasteiger partial charge in [-0.2, -0.15) is 0 Å². The summed E-state index contributed by atoms with van der Waals surface area (Å²) in [5.41, 5.74) is 2.46. The predicted molar refractivity (Wildman–Crippen MR) is 81.6 cm³/mol. The third-order valence-corrected chi connectivity index (χ3v) is 4.02. The van der Waals surface area contributed by atoms with Crippen molar-refractivity contribution in [2.45, 2.75) is 58.5 Å². The second-order valence-electron chi connectivity index (χ2n) is 5.61. The van der Waals surface area contributed by atoms with E-state index < -0.39 is 0 Å². The normalized spacial score (nSPS) is 20.4. The van der Waals surface area contributed by atoms with Crippen LogP contribution in [0.3, 0.4) is 0 Å². The Balaban J connectivity index is 2.26. The summed E-state index contributed by atoms with van der Waals surface area (Å²) in [6, 6.07) is 5.11. The molecule has 1 aromatic rings. The van der Waals surface area contributed by atoms with E-state index in [1.165, 1.54) is 43.5 Å². The van der Waals surface area contributed by atoms with Crippen LogP contribution >= 0.6 is 0 Å². The molecular weight excluding hydrogens is 234 g/mol. The molecule has 1 N–H and O–H groups in total. The van der Waals surface area contributed by atoms with Gasteiger partial charge in [0.05, 0.1) is 0 Å². The van der Waals surface area contributed by atoms with Gasteiger partial charge in [0.25, 0.3) is 0 Å². The molecule has 19 heavy (non-hydrogen) atoms. The zero-order chi connectivity index (χ0) is 13.7. The van der Waals surface area contributed by atoms with E-state index in [9.17, 15) is 0 Å². The van der Waals surface area contributed by atoms with E-state index >= 15 is 0 Å². The van der Waals surface area contributed by atoms with Crippen LogP contribution in [0.4, 0.5) is 5.82 Å². The first kappa shape index (κ1) is 14.3. The summed E-state index contributed by atoms with van der Waals surface area (Å²) in [7, 11) is 2.00. The van der Waals surface area contributed by atoms with Gasteiger partial charge in [0, 0.05) is 24.8 Å². The maximum Gasteiger partial charge on any atom is 0.129 e. The maximum atomic E-state index is 4.78. The molecule has 3 nitrogen and oxygen atoms in total. The van der Waals surface area contributed by atoms with Crippen LogP contribution in [0.1, 0.15) is 50.3 Å². The molecule has 1 saturated heterocycles. The number of aryl methyl sites for hydroxylation is 1. The van der Waals surface area contributed by atoms with Crippen molar-refractivity contribution in [2.75, 3.05) is 18.5 Å². The Bertz CT molecular complexity index is 403. The van der Waals surface area contributed by atoms with Crippen LogP contribution in [-0.2, 0) is 6.54 Å². The smallest absolute Gasteiger partial charge is 0.129 e. The molecular formula is C16H27N3. The van der Waals surface area contributed by atoms with Gasteiger partial charge in [-0.3, -0.25) is 0 Å². The second-order valence-corrected chi connectivity index (χ2v) is 5.61. The number of hydrogen-bond donors (Lipinski definition) is 1. The molecule has 0 radical (unpaired) electrons. The van der Waals surface area contributed by atoms with E-state index in [4.69, 9.17) is 4.98 Å². The van der Waals surface area contributed by atoms with Crippen LogP contribution in [0.15, 0.2) is 12.1 Å². The van der Waals surface area contributed by atoms with Crippen LogP contribution in [-0.4, -0.2) is 24.6 Å². The van der Waals surface area contributed by atoms with Gasteiger partial charge in [0.2, 0.25) is 0 Å². The largest absolute Gasteiger partial charge is 0.354 e. The summed E-state index contributed by atoms with van der Waals surface area (Å²) in [6.07, 6.45) is 6.56. The lowest BCUT2D eigenvalue weighted by molar-refractivity contribution is 0.551. The zero-order valence-electron chi connectivity index (χ0n) is 12.6. The fourth-order valence-electron chi connectivity index (χ4n) is 3.08. The highest BCUT2D eigenvalue weighted by atomic mass is 15.2. The van der Waals surface area contributed by atoms with E-state index in [1.54, 1.807) is 0 Å². The summed E-state index contributed by atoms with van der Waals surface area (Å²) >= 11 is 0. The summed E-state index contributed by atoms with van der Waals surface area (Å²) < 4.78 is 0. The summed E-state index contributed by atoms with van der Waals surface area (Å²) in [5, 5.41) is 3.23. The van der Waals surface area contributed by atoms with Crippen LogP contribution in [0.2, 0.25) is 0 Å². The lowest BCUT2D eigenvalue weighted by atomic mass is 10.1. The lowest BCUT2D eigenvalue weighted by Crippen LogP contribution is -2.35. The minimum Gasteiger partial charge on any atom is -0.354 e. The summed E-state index contributed by atoms with van der Waals surface area (Å²) in [6.45, 7) is 6.48. The van der Waals surface area contributed by atoms with Gasteiger partial charge in [0.15, 0.2) is 0 Å². The minimum absolute atomic E-state index is 0.666. The standard InChI is InChI=1S/C16H27N3/c1-4-15-8-6-5-7-9-19(15)16-11-14(12-17-3)10-13(2)18-16/h10-11,15,17H,4-9,12H2,1-3H3. The van der Waals surface area contributed by atoms with Crippen LogP contribution < -0.4 is 10.2 Å². The van der Waals surface area contributed by atoms with Gasteiger partial charge in [-0.15, -0.1) is 0 Å². The van der Waals surface area contributed by atoms with Gasteiger partial charge < -0.3 is 10.2 Å². The molecule has 1 fully saturated rings. The molecule has 1 aliphatic rings. The number of rotatable bonds is 4. The highest BCUT2D eigenvalue weighted by Gasteiger charge is 2.21. The summed E-state index contributed by atoms with van der Waals surface area (Å²) in [5.74, 6) is 1.18. The van der Waals surface area contributed by atoms with Crippen molar-refractivity contribution in [1.82, 2.24) is 10.3 Å². The first-order valence-corrected chi connectivity index (χ1v) is 7.63. The molecule has 1 unspecified atom stereocenters. The Morgan fingerprint density at radius 1 is 1.32 bits per heavy atom. The van der Waals surface area contributed by atoms with Crippen molar-refractivity contribution < 1.29 is 0 Å². The maximum absolute atomic E-state index is 4.78. The van der Waals surface area contributed by atoms with Crippen molar-refractivity contribution in [3.8, 4) is 0 Å². The Morgan fingerprint density at radius 2 is 2.16 bits per heavy atom. The molecule has 3 heteroatoms. The van der Waals surface area contributed by atoms with Crippen molar-refractivity contribution in [3.05, 3.63) is 23.4 Å². The molecule has 106 valence electrons. The molecule has 0 saturated carbocycles. The Kier molecular flexibility index (Phi) is 5.20. The number of anilines is 1. The quantitative estimate of drug-likeness (QED) is 0.901. The topological polar surface area (TPSA) is 28.2 Å². The third-order valence-electron chi connectivity index (χ3n) is 4.02. The fraction of sp³-hybridized carbons (Fsp3) is 0.688. The van der Waals surface area contributed by atoms with Crippen molar-refractivity contribution in [2.24, 2.45) is 0 Å². The molecule has 0 amide bonds. The van der Waals surface area contributed by atoms with Crippen LogP contribution in [0.25, 0.3) is 0 Å². The van der Waals surface area contributed by atoms with E-state index in [1.807, 2.05) is 7.05 Å². The fourth-order valence-corrected chi connectivity index (χ4v) is 3.08. The third kappa shape index (κ3) is 3.69. The molecule has 1 atom stereocenters. The van der Waals surface area contributed by atoms with E-state index in [2.05, 4.69) is 36.2 Å². The first-order valence-electron chi connectivity index (χ1n) is 7.63. The van der Waals surface area contributed by atoms with Crippen molar-refractivity contribution in [3.63, 3.8) is 0 Å². The average Bonchev–Trinajstić information content (AvgIpc) is 2.63. The second kappa shape index (κ2) is 6.90. The molecule has 1 aromatic heterocycles. The Morgan fingerprint density at radius 3 is 2.89 bits per heavy atom. The monoisotopic (exact) mass is 261 g/mol. The first-order chi connectivity index (χ1) is 9.24. The number of pyridine rings is 1. The highest BCUT2D eigenvalue weighted by molar-refractivity contribution is 5.44. The van der Waals surface area contributed by atoms with E-state index in [0.717, 1.165) is 18.8 Å². The van der Waals surface area contributed by atoms with Crippen molar-refractivity contribution >= 4 is 5.82 Å². The lowest BCUT2D eigenvalue weighted by Gasteiger charge is -2.31. The predicted octanol–water partition coefficient (Wildman–Crippen LogP) is 3.27. The van der Waals surface area contributed by atoms with Crippen molar-refractivity contribution in [1.29, 1.82) is 0 Å². The van der Waals surface area contributed by atoms with Gasteiger partial charge in [-0.25, -0.2) is 4.98 Å². The molecule has 2 rings (SSSR count). The molecule has 0 aromatic carbocycles. The molecule has 0 bridgehead atoms. The number of aromatic nitrogens is 1. The number of hydrogen-bond acceptors (Lipinski definition) is 3. The molecule has 0 aliphatic carbocycles. The van der Waals surface area contributed by atoms with Gasteiger partial charge in [-0.1, -0.05) is 19.8 Å². The van der Waals surface area contributed by atoms with Gasteiger partial charge in [-0.05, 0) is 50.9 Å². The molecule has 2 heterocycles. The highest BCUT2D eigenvalue weighted by Crippen LogP contribution is 2.25. The number of nitrogens with one attached hydrogen (secondary N) is 1. The minimum atomic E-state index is 0.666. The van der Waals surface area contributed by atoms with Gasteiger partial charge in [0.1, 0.15) is 5.82 Å². The van der Waals surface area contributed by atoms with Crippen LogP contribution in [0, 0.1) is 6.92 Å². The Hall–Kier alpha value is -1.09. The summed E-state index contributed by atoms with van der Waals surface area (Å²) in [4.78, 5) is 7.32. The zero-order valence-corrected chi connectivity index (χ0v) is 12.6. The number of nitrogens with zero attached hydrogens (tertiary/aromatic N) is 2. The van der Waals surface area contributed by atoms with Gasteiger partial charge >= 0.3 is 0 Å². The van der Waals surface area contributed by atoms with Crippen LogP contribution in [0.5, 0.6) is 0 Å².